The van der Waals surface area contributed by atoms with Crippen LogP contribution in [0.15, 0.2) is 36.4 Å². The number of methoxy groups -OCH3 is 1. The molecule has 1 aromatic carbocycles. The molecule has 1 aromatic rings. The summed E-state index contributed by atoms with van der Waals surface area (Å²) in [6.45, 7) is 1.39. The molecule has 1 fully saturated rings. The summed E-state index contributed by atoms with van der Waals surface area (Å²) in [5.74, 6) is 1.61. The summed E-state index contributed by atoms with van der Waals surface area (Å²) in [6.07, 6.45) is 8.66. The van der Waals surface area contributed by atoms with Crippen LogP contribution in [0, 0.1) is 11.8 Å². The number of amides is 1. The second-order valence-corrected chi connectivity index (χ2v) is 6.72. The van der Waals surface area contributed by atoms with Crippen molar-refractivity contribution < 1.29 is 14.3 Å². The lowest BCUT2D eigenvalue weighted by atomic mass is 9.88. The highest BCUT2D eigenvalue weighted by atomic mass is 16.5. The maximum absolute atomic E-state index is 12.6. The Morgan fingerprint density at radius 2 is 1.83 bits per heavy atom. The van der Waals surface area contributed by atoms with Crippen LogP contribution in [0.25, 0.3) is 0 Å². The van der Waals surface area contributed by atoms with Gasteiger partial charge in [0.25, 0.3) is 0 Å². The van der Waals surface area contributed by atoms with Crippen molar-refractivity contribution in [2.24, 2.45) is 11.8 Å². The van der Waals surface area contributed by atoms with Crippen LogP contribution in [0.1, 0.15) is 42.5 Å². The minimum Gasteiger partial charge on any atom is -0.497 e. The molecule has 1 heterocycles. The van der Waals surface area contributed by atoms with Crippen molar-refractivity contribution in [1.82, 2.24) is 4.90 Å². The summed E-state index contributed by atoms with van der Waals surface area (Å²) in [5, 5.41) is 0. The quantitative estimate of drug-likeness (QED) is 0.614. The van der Waals surface area contributed by atoms with Crippen LogP contribution in [0.3, 0.4) is 0 Å². The zero-order valence-corrected chi connectivity index (χ0v) is 14.2. The summed E-state index contributed by atoms with van der Waals surface area (Å²) >= 11 is 0. The number of hydrogen-bond acceptors (Lipinski definition) is 3. The predicted octanol–water partition coefficient (Wildman–Crippen LogP) is 3.47. The molecule has 1 amide bonds. The van der Waals surface area contributed by atoms with E-state index in [0.717, 1.165) is 37.0 Å². The van der Waals surface area contributed by atoms with Crippen LogP contribution in [-0.2, 0) is 4.79 Å². The van der Waals surface area contributed by atoms with Crippen molar-refractivity contribution in [2.75, 3.05) is 20.2 Å². The smallest absolute Gasteiger partial charge is 0.223 e. The Kier molecular flexibility index (Phi) is 5.34. The first-order chi connectivity index (χ1) is 11.7. The second-order valence-electron chi connectivity index (χ2n) is 6.72. The lowest BCUT2D eigenvalue weighted by Crippen LogP contribution is -2.40. The highest BCUT2D eigenvalue weighted by Crippen LogP contribution is 2.26. The van der Waals surface area contributed by atoms with Gasteiger partial charge in [-0.1, -0.05) is 12.2 Å². The first-order valence-corrected chi connectivity index (χ1v) is 8.80. The molecule has 0 radical (unpaired) electrons. The topological polar surface area (TPSA) is 46.6 Å². The number of likely N-dealkylation sites (tertiary alicyclic amines) is 1. The van der Waals surface area contributed by atoms with Gasteiger partial charge >= 0.3 is 0 Å². The fraction of sp³-hybridized carbons (Fsp3) is 0.500. The molecule has 0 bridgehead atoms. The van der Waals surface area contributed by atoms with Gasteiger partial charge in [-0.2, -0.15) is 0 Å². The number of carbonyl (C=O) groups is 2. The third kappa shape index (κ3) is 3.86. The molecule has 4 nitrogen and oxygen atoms in total. The van der Waals surface area contributed by atoms with E-state index in [-0.39, 0.29) is 17.6 Å². The van der Waals surface area contributed by atoms with Crippen LogP contribution in [0.5, 0.6) is 5.75 Å². The molecule has 0 aromatic heterocycles. The number of ether oxygens (including phenoxy) is 1. The van der Waals surface area contributed by atoms with E-state index in [1.54, 1.807) is 7.11 Å². The molecule has 1 aliphatic heterocycles. The molecule has 0 saturated carbocycles. The van der Waals surface area contributed by atoms with Crippen LogP contribution in [0.4, 0.5) is 0 Å². The second kappa shape index (κ2) is 7.65. The first-order valence-electron chi connectivity index (χ1n) is 8.80. The Hall–Kier alpha value is -2.10. The molecule has 1 unspecified atom stereocenters. The number of ketones is 1. The number of carbonyl (C=O) groups excluding carboxylic acids is 2. The van der Waals surface area contributed by atoms with Gasteiger partial charge in [-0.25, -0.2) is 0 Å². The van der Waals surface area contributed by atoms with E-state index in [9.17, 15) is 9.59 Å². The maximum atomic E-state index is 12.6. The lowest BCUT2D eigenvalue weighted by Gasteiger charge is -2.32. The monoisotopic (exact) mass is 327 g/mol. The van der Waals surface area contributed by atoms with E-state index in [1.165, 1.54) is 0 Å². The van der Waals surface area contributed by atoms with Crippen molar-refractivity contribution in [3.05, 3.63) is 42.0 Å². The summed E-state index contributed by atoms with van der Waals surface area (Å²) in [7, 11) is 1.62. The Labute approximate surface area is 143 Å². The summed E-state index contributed by atoms with van der Waals surface area (Å²) < 4.78 is 5.13. The number of benzene rings is 1. The van der Waals surface area contributed by atoms with Gasteiger partial charge in [-0.15, -0.1) is 0 Å². The fourth-order valence-electron chi connectivity index (χ4n) is 3.60. The average Bonchev–Trinajstić information content (AvgIpc) is 3.14. The summed E-state index contributed by atoms with van der Waals surface area (Å²) in [5.41, 5.74) is 0.733. The molecule has 0 spiro atoms. The highest BCUT2D eigenvalue weighted by molar-refractivity contribution is 5.98. The minimum atomic E-state index is 0.0221. The van der Waals surface area contributed by atoms with Gasteiger partial charge in [-0.3, -0.25) is 9.59 Å². The number of allylic oxidation sites excluding steroid dienone is 2. The number of rotatable bonds is 5. The van der Waals surface area contributed by atoms with Crippen LogP contribution in [0.2, 0.25) is 0 Å². The van der Waals surface area contributed by atoms with Gasteiger partial charge in [0.15, 0.2) is 5.78 Å². The van der Waals surface area contributed by atoms with E-state index in [4.69, 9.17) is 4.74 Å². The predicted molar refractivity (Wildman–Crippen MR) is 93.1 cm³/mol. The summed E-state index contributed by atoms with van der Waals surface area (Å²) in [4.78, 5) is 26.9. The van der Waals surface area contributed by atoms with Crippen molar-refractivity contribution >= 4 is 11.7 Å². The highest BCUT2D eigenvalue weighted by Gasteiger charge is 2.28. The number of hydrogen-bond donors (Lipinski definition) is 0. The summed E-state index contributed by atoms with van der Waals surface area (Å²) in [6, 6.07) is 7.29. The SMILES string of the molecule is COc1ccc(C(=O)C2CCN(C(=O)CC3C=CCC3)CC2)cc1. The van der Waals surface area contributed by atoms with Gasteiger partial charge < -0.3 is 9.64 Å². The number of Topliss-reactive ketones (excluding diaryl/α,β-unsaturated/α-hetero) is 1. The minimum absolute atomic E-state index is 0.0221. The van der Waals surface area contributed by atoms with Crippen LogP contribution >= 0.6 is 0 Å². The standard InChI is InChI=1S/C20H25NO3/c1-24-18-8-6-16(7-9-18)20(23)17-10-12-21(13-11-17)19(22)14-15-4-2-3-5-15/h2,4,6-9,15,17H,3,5,10-14H2,1H3. The molecular weight excluding hydrogens is 302 g/mol. The van der Waals surface area contributed by atoms with Crippen LogP contribution < -0.4 is 4.74 Å². The molecule has 3 rings (SSSR count). The normalized spacial score (nSPS) is 21.0. The fourth-order valence-corrected chi connectivity index (χ4v) is 3.60. The molecule has 1 atom stereocenters. The van der Waals surface area contributed by atoms with Crippen LogP contribution in [-0.4, -0.2) is 36.8 Å². The van der Waals surface area contributed by atoms with Gasteiger partial charge in [0.05, 0.1) is 7.11 Å². The van der Waals surface area contributed by atoms with E-state index >= 15 is 0 Å². The maximum Gasteiger partial charge on any atom is 0.223 e. The van der Waals surface area contributed by atoms with Gasteiger partial charge in [0, 0.05) is 31.0 Å². The molecule has 1 saturated heterocycles. The third-order valence-corrected chi connectivity index (χ3v) is 5.14. The molecular formula is C20H25NO3. The van der Waals surface area contributed by atoms with Crippen molar-refractivity contribution in [2.45, 2.75) is 32.1 Å². The molecule has 24 heavy (non-hydrogen) atoms. The van der Waals surface area contributed by atoms with E-state index < -0.39 is 0 Å². The van der Waals surface area contributed by atoms with Crippen molar-refractivity contribution in [3.63, 3.8) is 0 Å². The Morgan fingerprint density at radius 1 is 1.12 bits per heavy atom. The average molecular weight is 327 g/mol. The first kappa shape index (κ1) is 16.7. The Bertz CT molecular complexity index is 612. The largest absolute Gasteiger partial charge is 0.497 e. The third-order valence-electron chi connectivity index (χ3n) is 5.14. The molecule has 4 heteroatoms. The lowest BCUT2D eigenvalue weighted by molar-refractivity contribution is -0.133. The van der Waals surface area contributed by atoms with Gasteiger partial charge in [0.2, 0.25) is 5.91 Å². The Morgan fingerprint density at radius 3 is 2.42 bits per heavy atom. The van der Waals surface area contributed by atoms with Gasteiger partial charge in [0.1, 0.15) is 5.75 Å². The Balaban J connectivity index is 1.51. The van der Waals surface area contributed by atoms with E-state index in [0.29, 0.717) is 25.4 Å². The number of nitrogens with zero attached hydrogens (tertiary/aromatic N) is 1. The zero-order chi connectivity index (χ0) is 16.9. The van der Waals surface area contributed by atoms with Gasteiger partial charge in [-0.05, 0) is 55.9 Å². The molecule has 0 N–H and O–H groups in total. The van der Waals surface area contributed by atoms with Crippen molar-refractivity contribution in [1.29, 1.82) is 0 Å². The number of piperidine rings is 1. The van der Waals surface area contributed by atoms with E-state index in [1.807, 2.05) is 29.2 Å². The van der Waals surface area contributed by atoms with Crippen molar-refractivity contribution in [3.8, 4) is 5.75 Å². The zero-order valence-electron chi connectivity index (χ0n) is 14.2. The van der Waals surface area contributed by atoms with E-state index in [2.05, 4.69) is 12.2 Å². The molecule has 1 aliphatic carbocycles. The molecule has 128 valence electrons. The molecule has 2 aliphatic rings.